The zero-order valence-electron chi connectivity index (χ0n) is 12.4. The van der Waals surface area contributed by atoms with Crippen molar-refractivity contribution in [3.63, 3.8) is 0 Å². The number of hydrogen-bond donors (Lipinski definition) is 0. The minimum Gasteiger partial charge on any atom is -0.288 e. The molecule has 104 valence electrons. The van der Waals surface area contributed by atoms with Gasteiger partial charge < -0.3 is 0 Å². The van der Waals surface area contributed by atoms with E-state index >= 15 is 0 Å². The van der Waals surface area contributed by atoms with Crippen LogP contribution in [-0.2, 0) is 6.42 Å². The van der Waals surface area contributed by atoms with Gasteiger partial charge in [-0.3, -0.25) is 9.56 Å². The molecule has 0 aliphatic heterocycles. The van der Waals surface area contributed by atoms with Gasteiger partial charge in [0.25, 0.3) is 0 Å². The highest BCUT2D eigenvalue weighted by Gasteiger charge is 2.07. The third kappa shape index (κ3) is 3.23. The Morgan fingerprint density at radius 3 is 2.90 bits per heavy atom. The van der Waals surface area contributed by atoms with Gasteiger partial charge in [-0.05, 0) is 44.4 Å². The van der Waals surface area contributed by atoms with E-state index in [2.05, 4.69) is 49.7 Å². The SMILES string of the molecule is C=Cc1nccn1C(C)=NC(C)Cc1ccccc1C. The number of nitrogens with zero attached hydrogens (tertiary/aromatic N) is 3. The molecule has 0 aliphatic rings. The second-order valence-corrected chi connectivity index (χ2v) is 5.02. The maximum Gasteiger partial charge on any atom is 0.137 e. The van der Waals surface area contributed by atoms with Crippen LogP contribution in [0.4, 0.5) is 0 Å². The lowest BCUT2D eigenvalue weighted by molar-refractivity contribution is 0.730. The second kappa shape index (κ2) is 6.33. The topological polar surface area (TPSA) is 30.2 Å². The number of aliphatic imine (C=N–C) groups is 1. The molecule has 1 heterocycles. The number of hydrogen-bond acceptors (Lipinski definition) is 2. The summed E-state index contributed by atoms with van der Waals surface area (Å²) in [6.07, 6.45) is 6.37. The van der Waals surface area contributed by atoms with E-state index in [1.54, 1.807) is 12.3 Å². The lowest BCUT2D eigenvalue weighted by atomic mass is 10.0. The van der Waals surface area contributed by atoms with Gasteiger partial charge in [-0.2, -0.15) is 0 Å². The number of imidazole rings is 1. The molecule has 1 aromatic carbocycles. The van der Waals surface area contributed by atoms with Gasteiger partial charge in [0.05, 0.1) is 6.04 Å². The smallest absolute Gasteiger partial charge is 0.137 e. The van der Waals surface area contributed by atoms with Crippen molar-refractivity contribution in [2.24, 2.45) is 4.99 Å². The molecule has 0 fully saturated rings. The van der Waals surface area contributed by atoms with Gasteiger partial charge in [-0.1, -0.05) is 30.8 Å². The fourth-order valence-electron chi connectivity index (χ4n) is 2.32. The van der Waals surface area contributed by atoms with Gasteiger partial charge in [0.1, 0.15) is 11.7 Å². The zero-order valence-corrected chi connectivity index (χ0v) is 12.4. The van der Waals surface area contributed by atoms with Crippen molar-refractivity contribution in [3.8, 4) is 0 Å². The molecule has 0 saturated heterocycles. The van der Waals surface area contributed by atoms with Crippen LogP contribution >= 0.6 is 0 Å². The lowest BCUT2D eigenvalue weighted by Gasteiger charge is -2.12. The molecule has 1 atom stereocenters. The fraction of sp³-hybridized carbons (Fsp3) is 0.294. The van der Waals surface area contributed by atoms with E-state index in [0.717, 1.165) is 18.1 Å². The van der Waals surface area contributed by atoms with Gasteiger partial charge in [-0.15, -0.1) is 0 Å². The van der Waals surface area contributed by atoms with Crippen molar-refractivity contribution in [2.75, 3.05) is 0 Å². The lowest BCUT2D eigenvalue weighted by Crippen LogP contribution is -2.14. The summed E-state index contributed by atoms with van der Waals surface area (Å²) in [4.78, 5) is 8.98. The Balaban J connectivity index is 2.14. The van der Waals surface area contributed by atoms with E-state index in [4.69, 9.17) is 4.99 Å². The van der Waals surface area contributed by atoms with Gasteiger partial charge in [0.2, 0.25) is 0 Å². The van der Waals surface area contributed by atoms with Gasteiger partial charge in [0, 0.05) is 12.4 Å². The first-order valence-electron chi connectivity index (χ1n) is 6.87. The summed E-state index contributed by atoms with van der Waals surface area (Å²) >= 11 is 0. The van der Waals surface area contributed by atoms with Crippen LogP contribution in [-0.4, -0.2) is 21.4 Å². The van der Waals surface area contributed by atoms with Crippen molar-refractivity contribution in [2.45, 2.75) is 33.2 Å². The molecular formula is C17H21N3. The van der Waals surface area contributed by atoms with Crippen LogP contribution in [0.1, 0.15) is 30.8 Å². The summed E-state index contributed by atoms with van der Waals surface area (Å²) in [7, 11) is 0. The summed E-state index contributed by atoms with van der Waals surface area (Å²) in [5.74, 6) is 1.77. The van der Waals surface area contributed by atoms with Crippen LogP contribution in [0.25, 0.3) is 6.08 Å². The van der Waals surface area contributed by atoms with Crippen LogP contribution in [0.5, 0.6) is 0 Å². The molecule has 2 rings (SSSR count). The normalized spacial score (nSPS) is 13.2. The predicted molar refractivity (Wildman–Crippen MR) is 85.2 cm³/mol. The van der Waals surface area contributed by atoms with Crippen molar-refractivity contribution >= 4 is 11.9 Å². The van der Waals surface area contributed by atoms with E-state index in [1.165, 1.54) is 11.1 Å². The summed E-state index contributed by atoms with van der Waals surface area (Å²) < 4.78 is 1.96. The standard InChI is InChI=1S/C17H21N3/c1-5-17-18-10-11-20(17)15(4)19-14(3)12-16-9-7-6-8-13(16)2/h5-11,14H,1,12H2,2-4H3. The molecule has 0 amide bonds. The Morgan fingerprint density at radius 2 is 2.20 bits per heavy atom. The molecule has 0 N–H and O–H groups in total. The monoisotopic (exact) mass is 267 g/mol. The van der Waals surface area contributed by atoms with E-state index in [-0.39, 0.29) is 6.04 Å². The first-order valence-corrected chi connectivity index (χ1v) is 6.87. The summed E-state index contributed by atoms with van der Waals surface area (Å²) in [5.41, 5.74) is 2.67. The molecule has 0 spiro atoms. The Hall–Kier alpha value is -2.16. The summed E-state index contributed by atoms with van der Waals surface area (Å²) in [6, 6.07) is 8.70. The average molecular weight is 267 g/mol. The fourth-order valence-corrected chi connectivity index (χ4v) is 2.32. The predicted octanol–water partition coefficient (Wildman–Crippen LogP) is 3.73. The third-order valence-electron chi connectivity index (χ3n) is 3.38. The largest absolute Gasteiger partial charge is 0.288 e. The van der Waals surface area contributed by atoms with Crippen molar-refractivity contribution < 1.29 is 0 Å². The highest BCUT2D eigenvalue weighted by atomic mass is 15.1. The van der Waals surface area contributed by atoms with Crippen molar-refractivity contribution in [1.29, 1.82) is 0 Å². The van der Waals surface area contributed by atoms with Gasteiger partial charge >= 0.3 is 0 Å². The number of aryl methyl sites for hydroxylation is 1. The zero-order chi connectivity index (χ0) is 14.5. The van der Waals surface area contributed by atoms with E-state index < -0.39 is 0 Å². The molecule has 0 aliphatic carbocycles. The molecule has 1 unspecified atom stereocenters. The first-order chi connectivity index (χ1) is 9.61. The van der Waals surface area contributed by atoms with E-state index in [0.29, 0.717) is 0 Å². The molecule has 3 nitrogen and oxygen atoms in total. The second-order valence-electron chi connectivity index (χ2n) is 5.02. The number of rotatable bonds is 4. The van der Waals surface area contributed by atoms with E-state index in [9.17, 15) is 0 Å². The Kier molecular flexibility index (Phi) is 4.51. The van der Waals surface area contributed by atoms with Crippen LogP contribution in [0.2, 0.25) is 0 Å². The number of aromatic nitrogens is 2. The quantitative estimate of drug-likeness (QED) is 0.613. The maximum absolute atomic E-state index is 4.76. The third-order valence-corrected chi connectivity index (χ3v) is 3.38. The van der Waals surface area contributed by atoms with Gasteiger partial charge in [-0.25, -0.2) is 4.98 Å². The molecular weight excluding hydrogens is 246 g/mol. The average Bonchev–Trinajstić information content (AvgIpc) is 2.89. The van der Waals surface area contributed by atoms with Crippen molar-refractivity contribution in [1.82, 2.24) is 9.55 Å². The van der Waals surface area contributed by atoms with Crippen molar-refractivity contribution in [3.05, 3.63) is 60.2 Å². The summed E-state index contributed by atoms with van der Waals surface area (Å²) in [6.45, 7) is 10.1. The Morgan fingerprint density at radius 1 is 1.45 bits per heavy atom. The van der Waals surface area contributed by atoms with Crippen LogP contribution < -0.4 is 0 Å². The van der Waals surface area contributed by atoms with Crippen LogP contribution in [0.3, 0.4) is 0 Å². The Bertz CT molecular complexity index is 623. The number of benzene rings is 1. The maximum atomic E-state index is 4.76. The Labute approximate surface area is 120 Å². The minimum absolute atomic E-state index is 0.233. The van der Waals surface area contributed by atoms with Gasteiger partial charge in [0.15, 0.2) is 0 Å². The first kappa shape index (κ1) is 14.3. The molecule has 0 saturated carbocycles. The van der Waals surface area contributed by atoms with E-state index in [1.807, 2.05) is 17.7 Å². The van der Waals surface area contributed by atoms with Crippen LogP contribution in [0.15, 0.2) is 48.2 Å². The molecule has 0 bridgehead atoms. The molecule has 1 aromatic heterocycles. The minimum atomic E-state index is 0.233. The molecule has 3 heteroatoms. The van der Waals surface area contributed by atoms with Crippen LogP contribution in [0, 0.1) is 6.92 Å². The summed E-state index contributed by atoms with van der Waals surface area (Å²) in [5, 5.41) is 0. The highest BCUT2D eigenvalue weighted by molar-refractivity contribution is 5.83. The highest BCUT2D eigenvalue weighted by Crippen LogP contribution is 2.12. The molecule has 2 aromatic rings. The molecule has 0 radical (unpaired) electrons. The molecule has 20 heavy (non-hydrogen) atoms.